The van der Waals surface area contributed by atoms with E-state index in [1.807, 2.05) is 32.9 Å². The van der Waals surface area contributed by atoms with Crippen molar-refractivity contribution in [3.05, 3.63) is 12.2 Å². The van der Waals surface area contributed by atoms with Crippen molar-refractivity contribution in [1.82, 2.24) is 0 Å². The van der Waals surface area contributed by atoms with Gasteiger partial charge < -0.3 is 9.84 Å². The van der Waals surface area contributed by atoms with Crippen molar-refractivity contribution < 1.29 is 19.4 Å². The summed E-state index contributed by atoms with van der Waals surface area (Å²) in [6.07, 6.45) is 4.93. The molecule has 0 aliphatic heterocycles. The van der Waals surface area contributed by atoms with E-state index in [9.17, 15) is 14.7 Å². The van der Waals surface area contributed by atoms with Crippen molar-refractivity contribution in [1.29, 1.82) is 0 Å². The van der Waals surface area contributed by atoms with Gasteiger partial charge in [-0.05, 0) is 39.0 Å². The summed E-state index contributed by atoms with van der Waals surface area (Å²) in [6.45, 7) is 5.36. The maximum Gasteiger partial charge on any atom is 0.320 e. The molecule has 0 aromatic carbocycles. The number of esters is 1. The van der Waals surface area contributed by atoms with Gasteiger partial charge in [-0.2, -0.15) is 0 Å². The number of fused-ring (bicyclic) bond motifs is 1. The molecule has 0 saturated heterocycles. The third kappa shape index (κ3) is 1.43. The van der Waals surface area contributed by atoms with Gasteiger partial charge in [0.2, 0.25) is 0 Å². The minimum atomic E-state index is -0.973. The van der Waals surface area contributed by atoms with Crippen LogP contribution in [-0.2, 0) is 14.3 Å². The predicted octanol–water partition coefficient (Wildman–Crippen LogP) is 1.47. The molecule has 3 rings (SSSR count). The first-order chi connectivity index (χ1) is 8.78. The van der Waals surface area contributed by atoms with E-state index in [0.29, 0.717) is 0 Å². The molecule has 0 spiro atoms. The number of allylic oxidation sites excluding steroid dienone is 1. The number of carbonyl (C=O) groups is 2. The van der Waals surface area contributed by atoms with Gasteiger partial charge in [0, 0.05) is 11.8 Å². The molecule has 3 aliphatic rings. The lowest BCUT2D eigenvalue weighted by Gasteiger charge is -2.28. The lowest BCUT2D eigenvalue weighted by Crippen LogP contribution is -2.35. The Morgan fingerprint density at radius 1 is 1.53 bits per heavy atom. The first-order valence-electron chi connectivity index (χ1n) is 6.83. The molecule has 0 aromatic rings. The topological polar surface area (TPSA) is 63.6 Å². The zero-order valence-electron chi connectivity index (χ0n) is 11.6. The van der Waals surface area contributed by atoms with Crippen LogP contribution in [0.2, 0.25) is 0 Å². The number of ketones is 1. The molecule has 3 aliphatic carbocycles. The normalized spacial score (nSPS) is 43.1. The van der Waals surface area contributed by atoms with Gasteiger partial charge in [-0.15, -0.1) is 0 Å². The van der Waals surface area contributed by atoms with Gasteiger partial charge >= 0.3 is 5.97 Å². The van der Waals surface area contributed by atoms with Crippen LogP contribution in [0.1, 0.15) is 33.6 Å². The Hall–Kier alpha value is -1.16. The van der Waals surface area contributed by atoms with E-state index in [4.69, 9.17) is 4.74 Å². The fourth-order valence-corrected chi connectivity index (χ4v) is 4.14. The molecule has 0 amide bonds. The lowest BCUT2D eigenvalue weighted by atomic mass is 9.77. The molecule has 2 saturated carbocycles. The molecule has 0 heterocycles. The SMILES string of the molecule is CC(C)(C)OC(=O)[C@]12C(=O)C[C@]3(CO)C=CC[C@H]1[C@@H]32. The second-order valence-corrected chi connectivity index (χ2v) is 7.08. The van der Waals surface area contributed by atoms with Crippen molar-refractivity contribution in [2.45, 2.75) is 39.2 Å². The van der Waals surface area contributed by atoms with Crippen molar-refractivity contribution in [3.63, 3.8) is 0 Å². The van der Waals surface area contributed by atoms with E-state index in [2.05, 4.69) is 0 Å². The Kier molecular flexibility index (Phi) is 2.35. The summed E-state index contributed by atoms with van der Waals surface area (Å²) < 4.78 is 5.47. The highest BCUT2D eigenvalue weighted by Crippen LogP contribution is 2.76. The second-order valence-electron chi connectivity index (χ2n) is 7.08. The highest BCUT2D eigenvalue weighted by molar-refractivity contribution is 6.11. The summed E-state index contributed by atoms with van der Waals surface area (Å²) >= 11 is 0. The number of carbonyl (C=O) groups excluding carboxylic acids is 2. The summed E-state index contributed by atoms with van der Waals surface area (Å²) in [5.74, 6) is -0.465. The molecule has 4 atom stereocenters. The van der Waals surface area contributed by atoms with E-state index in [1.165, 1.54) is 0 Å². The van der Waals surface area contributed by atoms with Crippen LogP contribution < -0.4 is 0 Å². The summed E-state index contributed by atoms with van der Waals surface area (Å²) in [5.41, 5.74) is -2.08. The van der Waals surface area contributed by atoms with Gasteiger partial charge in [-0.1, -0.05) is 12.2 Å². The molecule has 0 radical (unpaired) electrons. The molecule has 1 N–H and O–H groups in total. The van der Waals surface area contributed by atoms with Crippen molar-refractivity contribution >= 4 is 11.8 Å². The number of hydrogen-bond donors (Lipinski definition) is 1. The van der Waals surface area contributed by atoms with Gasteiger partial charge in [0.05, 0.1) is 6.61 Å². The molecule has 2 fully saturated rings. The molecule has 4 nitrogen and oxygen atoms in total. The molecule has 104 valence electrons. The molecule has 0 unspecified atom stereocenters. The quantitative estimate of drug-likeness (QED) is 0.466. The summed E-state index contributed by atoms with van der Waals surface area (Å²) in [6, 6.07) is 0. The van der Waals surface area contributed by atoms with Crippen LogP contribution in [0.3, 0.4) is 0 Å². The number of hydrogen-bond acceptors (Lipinski definition) is 4. The van der Waals surface area contributed by atoms with Crippen molar-refractivity contribution in [2.24, 2.45) is 22.7 Å². The smallest absolute Gasteiger partial charge is 0.320 e. The maximum absolute atomic E-state index is 12.5. The van der Waals surface area contributed by atoms with Gasteiger partial charge in [-0.3, -0.25) is 9.59 Å². The highest BCUT2D eigenvalue weighted by Gasteiger charge is 2.84. The summed E-state index contributed by atoms with van der Waals surface area (Å²) in [7, 11) is 0. The van der Waals surface area contributed by atoms with Crippen LogP contribution in [0.4, 0.5) is 0 Å². The maximum atomic E-state index is 12.5. The van der Waals surface area contributed by atoms with Crippen molar-refractivity contribution in [3.8, 4) is 0 Å². The van der Waals surface area contributed by atoms with Gasteiger partial charge in [0.25, 0.3) is 0 Å². The van der Waals surface area contributed by atoms with E-state index >= 15 is 0 Å². The Morgan fingerprint density at radius 2 is 2.21 bits per heavy atom. The van der Waals surface area contributed by atoms with Crippen LogP contribution in [0.5, 0.6) is 0 Å². The zero-order valence-corrected chi connectivity index (χ0v) is 11.6. The van der Waals surface area contributed by atoms with E-state index in [-0.39, 0.29) is 36.6 Å². The zero-order chi connectivity index (χ0) is 14.1. The largest absolute Gasteiger partial charge is 0.459 e. The first kappa shape index (κ1) is 12.9. The van der Waals surface area contributed by atoms with Crippen LogP contribution in [0.15, 0.2) is 12.2 Å². The average molecular weight is 264 g/mol. The Bertz CT molecular complexity index is 487. The number of Topliss-reactive ketones (excluding diaryl/α,β-unsaturated/α-hetero) is 1. The third-order valence-corrected chi connectivity index (χ3v) is 4.81. The van der Waals surface area contributed by atoms with Gasteiger partial charge in [-0.25, -0.2) is 0 Å². The van der Waals surface area contributed by atoms with Crippen LogP contribution in [0, 0.1) is 22.7 Å². The molecular formula is C15H20O4. The fourth-order valence-electron chi connectivity index (χ4n) is 4.14. The monoisotopic (exact) mass is 264 g/mol. The van der Waals surface area contributed by atoms with E-state index < -0.39 is 16.4 Å². The lowest BCUT2D eigenvalue weighted by molar-refractivity contribution is -0.164. The Labute approximate surface area is 112 Å². The Morgan fingerprint density at radius 3 is 2.79 bits per heavy atom. The number of rotatable bonds is 2. The number of ether oxygens (including phenoxy) is 1. The molecule has 4 heteroatoms. The van der Waals surface area contributed by atoms with Gasteiger partial charge in [0.15, 0.2) is 5.78 Å². The Balaban J connectivity index is 1.95. The summed E-state index contributed by atoms with van der Waals surface area (Å²) in [4.78, 5) is 24.9. The highest BCUT2D eigenvalue weighted by atomic mass is 16.6. The molecular weight excluding hydrogens is 244 g/mol. The van der Waals surface area contributed by atoms with Crippen LogP contribution >= 0.6 is 0 Å². The second kappa shape index (κ2) is 3.48. The molecule has 0 aromatic heterocycles. The summed E-state index contributed by atoms with van der Waals surface area (Å²) in [5, 5.41) is 9.66. The van der Waals surface area contributed by atoms with Crippen molar-refractivity contribution in [2.75, 3.05) is 6.61 Å². The molecule has 19 heavy (non-hydrogen) atoms. The predicted molar refractivity (Wildman–Crippen MR) is 68.2 cm³/mol. The number of aliphatic hydroxyl groups is 1. The fraction of sp³-hybridized carbons (Fsp3) is 0.733. The first-order valence-corrected chi connectivity index (χ1v) is 6.83. The minimum absolute atomic E-state index is 0.0285. The van der Waals surface area contributed by atoms with E-state index in [1.54, 1.807) is 0 Å². The van der Waals surface area contributed by atoms with E-state index in [0.717, 1.165) is 6.42 Å². The molecule has 0 bridgehead atoms. The van der Waals surface area contributed by atoms with Crippen LogP contribution in [0.25, 0.3) is 0 Å². The van der Waals surface area contributed by atoms with Crippen LogP contribution in [-0.4, -0.2) is 29.1 Å². The minimum Gasteiger partial charge on any atom is -0.459 e. The van der Waals surface area contributed by atoms with Gasteiger partial charge in [0.1, 0.15) is 11.0 Å². The third-order valence-electron chi connectivity index (χ3n) is 4.81. The number of aliphatic hydroxyl groups excluding tert-OH is 1. The standard InChI is InChI=1S/C15H20O4/c1-13(2,3)19-12(18)15-9-5-4-6-14(8-16,11(9)15)7-10(15)17/h4,6,9,11,16H,5,7-8H2,1-3H3/t9-,11-,14-,15-/m0/s1. The average Bonchev–Trinajstić information content (AvgIpc) is 2.89.